The van der Waals surface area contributed by atoms with Gasteiger partial charge in [-0.25, -0.2) is 8.42 Å². The summed E-state index contributed by atoms with van der Waals surface area (Å²) in [6.07, 6.45) is 2.98. The molecule has 1 saturated heterocycles. The molecular formula is C21H26ClN3O3S. The Bertz CT molecular complexity index is 969. The third-order valence-electron chi connectivity index (χ3n) is 4.95. The van der Waals surface area contributed by atoms with Crippen molar-refractivity contribution in [2.45, 2.75) is 30.6 Å². The second kappa shape index (κ2) is 9.15. The van der Waals surface area contributed by atoms with E-state index in [0.29, 0.717) is 23.8 Å². The van der Waals surface area contributed by atoms with Crippen LogP contribution in [0.5, 0.6) is 0 Å². The van der Waals surface area contributed by atoms with E-state index in [1.807, 2.05) is 19.0 Å². The number of sulfonamides is 1. The zero-order valence-corrected chi connectivity index (χ0v) is 18.3. The first-order valence-electron chi connectivity index (χ1n) is 9.63. The van der Waals surface area contributed by atoms with Crippen LogP contribution in [0, 0.1) is 0 Å². The largest absolute Gasteiger partial charge is 0.376 e. The van der Waals surface area contributed by atoms with Crippen LogP contribution in [0.3, 0.4) is 0 Å². The summed E-state index contributed by atoms with van der Waals surface area (Å²) < 4.78 is 27.6. The van der Waals surface area contributed by atoms with Gasteiger partial charge < -0.3 is 10.2 Å². The molecule has 1 N–H and O–H groups in total. The van der Waals surface area contributed by atoms with Crippen LogP contribution < -0.4 is 10.2 Å². The van der Waals surface area contributed by atoms with E-state index in [1.54, 1.807) is 42.5 Å². The fourth-order valence-corrected chi connectivity index (χ4v) is 5.07. The fourth-order valence-electron chi connectivity index (χ4n) is 3.40. The average Bonchev–Trinajstić information content (AvgIpc) is 2.70. The number of amides is 1. The third-order valence-corrected chi connectivity index (χ3v) is 7.10. The van der Waals surface area contributed by atoms with Crippen molar-refractivity contribution < 1.29 is 13.2 Å². The van der Waals surface area contributed by atoms with Gasteiger partial charge in [0, 0.05) is 32.2 Å². The maximum Gasteiger partial charge on any atom is 0.243 e. The molecule has 2 aromatic carbocycles. The van der Waals surface area contributed by atoms with Crippen molar-refractivity contribution in [2.75, 3.05) is 37.4 Å². The van der Waals surface area contributed by atoms with E-state index in [2.05, 4.69) is 5.32 Å². The number of hydrogen-bond acceptors (Lipinski definition) is 4. The molecule has 1 amide bonds. The normalized spacial score (nSPS) is 15.1. The van der Waals surface area contributed by atoms with Crippen molar-refractivity contribution in [3.63, 3.8) is 0 Å². The standard InChI is InChI=1S/C21H26ClN3O3S/c1-24(2)20-11-10-18(29(27,28)25-12-4-3-5-13-25)15-19(20)23-21(26)14-16-6-8-17(22)9-7-16/h6-11,15H,3-5,12-14H2,1-2H3,(H,23,26). The summed E-state index contributed by atoms with van der Waals surface area (Å²) in [5, 5.41) is 3.48. The average molecular weight is 436 g/mol. The number of nitrogens with zero attached hydrogens (tertiary/aromatic N) is 2. The van der Waals surface area contributed by atoms with Crippen molar-refractivity contribution in [2.24, 2.45) is 0 Å². The van der Waals surface area contributed by atoms with Gasteiger partial charge in [-0.3, -0.25) is 4.79 Å². The van der Waals surface area contributed by atoms with E-state index in [0.717, 1.165) is 30.5 Å². The smallest absolute Gasteiger partial charge is 0.243 e. The minimum Gasteiger partial charge on any atom is -0.376 e. The van der Waals surface area contributed by atoms with Crippen molar-refractivity contribution in [3.8, 4) is 0 Å². The summed E-state index contributed by atoms with van der Waals surface area (Å²) in [7, 11) is 0.123. The molecule has 8 heteroatoms. The number of piperidine rings is 1. The lowest BCUT2D eigenvalue weighted by molar-refractivity contribution is -0.115. The number of halogens is 1. The van der Waals surface area contributed by atoms with Gasteiger partial charge in [-0.2, -0.15) is 4.31 Å². The second-order valence-electron chi connectivity index (χ2n) is 7.39. The highest BCUT2D eigenvalue weighted by atomic mass is 35.5. The molecule has 0 saturated carbocycles. The molecule has 2 aromatic rings. The minimum atomic E-state index is -3.58. The van der Waals surface area contributed by atoms with Crippen LogP contribution in [-0.2, 0) is 21.2 Å². The lowest BCUT2D eigenvalue weighted by Gasteiger charge is -2.26. The Hall–Kier alpha value is -2.09. The highest BCUT2D eigenvalue weighted by Crippen LogP contribution is 2.30. The second-order valence-corrected chi connectivity index (χ2v) is 9.76. The lowest BCUT2D eigenvalue weighted by atomic mass is 10.1. The number of anilines is 2. The Morgan fingerprint density at radius 2 is 1.72 bits per heavy atom. The molecule has 156 valence electrons. The summed E-state index contributed by atoms with van der Waals surface area (Å²) in [6.45, 7) is 1.08. The van der Waals surface area contributed by atoms with Gasteiger partial charge in [-0.05, 0) is 48.7 Å². The Morgan fingerprint density at radius 1 is 1.07 bits per heavy atom. The lowest BCUT2D eigenvalue weighted by Crippen LogP contribution is -2.35. The molecule has 3 rings (SSSR count). The van der Waals surface area contributed by atoms with Crippen molar-refractivity contribution in [1.82, 2.24) is 4.31 Å². The summed E-state index contributed by atoms with van der Waals surface area (Å²) in [5.41, 5.74) is 2.05. The van der Waals surface area contributed by atoms with Gasteiger partial charge in [-0.1, -0.05) is 30.2 Å². The summed E-state index contributed by atoms with van der Waals surface area (Å²) in [6, 6.07) is 12.0. The molecule has 6 nitrogen and oxygen atoms in total. The van der Waals surface area contributed by atoms with Gasteiger partial charge in [-0.15, -0.1) is 0 Å². The zero-order chi connectivity index (χ0) is 21.0. The summed E-state index contributed by atoms with van der Waals surface area (Å²) >= 11 is 5.89. The predicted molar refractivity (Wildman–Crippen MR) is 117 cm³/mol. The quantitative estimate of drug-likeness (QED) is 0.749. The van der Waals surface area contributed by atoms with Gasteiger partial charge in [0.2, 0.25) is 15.9 Å². The highest BCUT2D eigenvalue weighted by Gasteiger charge is 2.27. The molecule has 0 aliphatic carbocycles. The van der Waals surface area contributed by atoms with Crippen molar-refractivity contribution in [3.05, 3.63) is 53.1 Å². The molecule has 1 heterocycles. The Morgan fingerprint density at radius 3 is 2.34 bits per heavy atom. The van der Waals surface area contributed by atoms with Gasteiger partial charge in [0.25, 0.3) is 0 Å². The minimum absolute atomic E-state index is 0.174. The van der Waals surface area contributed by atoms with Crippen LogP contribution in [-0.4, -0.2) is 45.8 Å². The maximum atomic E-state index is 13.0. The molecule has 0 bridgehead atoms. The number of benzene rings is 2. The van der Waals surface area contributed by atoms with E-state index in [9.17, 15) is 13.2 Å². The number of hydrogen-bond donors (Lipinski definition) is 1. The number of rotatable bonds is 6. The van der Waals surface area contributed by atoms with Gasteiger partial charge in [0.15, 0.2) is 0 Å². The van der Waals surface area contributed by atoms with Gasteiger partial charge >= 0.3 is 0 Å². The maximum absolute atomic E-state index is 13.0. The van der Waals surface area contributed by atoms with Crippen molar-refractivity contribution in [1.29, 1.82) is 0 Å². The first-order valence-corrected chi connectivity index (χ1v) is 11.4. The van der Waals surface area contributed by atoms with Crippen LogP contribution in [0.4, 0.5) is 11.4 Å². The third kappa shape index (κ3) is 5.29. The van der Waals surface area contributed by atoms with Crippen LogP contribution in [0.2, 0.25) is 5.02 Å². The van der Waals surface area contributed by atoms with Gasteiger partial charge in [0.05, 0.1) is 22.7 Å². The van der Waals surface area contributed by atoms with E-state index in [1.165, 1.54) is 4.31 Å². The van der Waals surface area contributed by atoms with Crippen molar-refractivity contribution >= 4 is 38.9 Å². The monoisotopic (exact) mass is 435 g/mol. The molecule has 1 fully saturated rings. The zero-order valence-electron chi connectivity index (χ0n) is 16.7. The van der Waals surface area contributed by atoms with E-state index in [4.69, 9.17) is 11.6 Å². The van der Waals surface area contributed by atoms with Crippen LogP contribution in [0.1, 0.15) is 24.8 Å². The molecule has 1 aliphatic heterocycles. The molecular weight excluding hydrogens is 410 g/mol. The molecule has 0 spiro atoms. The van der Waals surface area contributed by atoms with E-state index in [-0.39, 0.29) is 17.2 Å². The molecule has 0 aromatic heterocycles. The Kier molecular flexibility index (Phi) is 6.82. The molecule has 29 heavy (non-hydrogen) atoms. The van der Waals surface area contributed by atoms with Crippen LogP contribution >= 0.6 is 11.6 Å². The number of carbonyl (C=O) groups excluding carboxylic acids is 1. The Labute approximate surface area is 177 Å². The first-order chi connectivity index (χ1) is 13.8. The van der Waals surface area contributed by atoms with Crippen LogP contribution in [0.25, 0.3) is 0 Å². The summed E-state index contributed by atoms with van der Waals surface area (Å²) in [5.74, 6) is -0.219. The predicted octanol–water partition coefficient (Wildman–Crippen LogP) is 3.76. The highest BCUT2D eigenvalue weighted by molar-refractivity contribution is 7.89. The molecule has 0 unspecified atom stereocenters. The van der Waals surface area contributed by atoms with Crippen LogP contribution in [0.15, 0.2) is 47.4 Å². The topological polar surface area (TPSA) is 69.7 Å². The fraction of sp³-hybridized carbons (Fsp3) is 0.381. The van der Waals surface area contributed by atoms with E-state index < -0.39 is 10.0 Å². The SMILES string of the molecule is CN(C)c1ccc(S(=O)(=O)N2CCCCC2)cc1NC(=O)Cc1ccc(Cl)cc1. The first kappa shape index (κ1) is 21.6. The van der Waals surface area contributed by atoms with Gasteiger partial charge in [0.1, 0.15) is 0 Å². The molecule has 0 radical (unpaired) electrons. The summed E-state index contributed by atoms with van der Waals surface area (Å²) in [4.78, 5) is 14.6. The number of carbonyl (C=O) groups is 1. The van der Waals surface area contributed by atoms with E-state index >= 15 is 0 Å². The Balaban J connectivity index is 1.85. The molecule has 0 atom stereocenters. The number of nitrogens with one attached hydrogen (secondary N) is 1. The molecule has 1 aliphatic rings.